The van der Waals surface area contributed by atoms with Gasteiger partial charge in [0.1, 0.15) is 0 Å². The minimum absolute atomic E-state index is 0.0203. The van der Waals surface area contributed by atoms with Gasteiger partial charge >= 0.3 is 0 Å². The summed E-state index contributed by atoms with van der Waals surface area (Å²) in [6, 6.07) is 10.1. The molecule has 2 atom stereocenters. The van der Waals surface area contributed by atoms with E-state index >= 15 is 0 Å². The van der Waals surface area contributed by atoms with Gasteiger partial charge in [-0.1, -0.05) is 30.3 Å². The highest BCUT2D eigenvalue weighted by atomic mass is 32.1. The number of benzene rings is 1. The summed E-state index contributed by atoms with van der Waals surface area (Å²) in [6.45, 7) is 1.08. The summed E-state index contributed by atoms with van der Waals surface area (Å²) in [5.41, 5.74) is 1.16. The minimum Gasteiger partial charge on any atom is -0.394 e. The van der Waals surface area contributed by atoms with Crippen molar-refractivity contribution in [2.24, 2.45) is 0 Å². The summed E-state index contributed by atoms with van der Waals surface area (Å²) in [7, 11) is 0. The van der Waals surface area contributed by atoms with Crippen molar-refractivity contribution >= 4 is 22.6 Å². The average molecular weight is 334 g/mol. The number of aromatic nitrogens is 2. The third-order valence-corrected chi connectivity index (χ3v) is 4.88. The van der Waals surface area contributed by atoms with Crippen LogP contribution in [0.2, 0.25) is 0 Å². The van der Waals surface area contributed by atoms with Crippen molar-refractivity contribution in [3.05, 3.63) is 35.9 Å². The second-order valence-corrected chi connectivity index (χ2v) is 6.52. The molecule has 1 aromatic carbocycles. The fourth-order valence-corrected chi connectivity index (χ4v) is 3.64. The molecule has 1 fully saturated rings. The van der Waals surface area contributed by atoms with Gasteiger partial charge in [0, 0.05) is 18.1 Å². The summed E-state index contributed by atoms with van der Waals surface area (Å²) in [6.07, 6.45) is 2.78. The molecule has 1 aliphatic heterocycles. The van der Waals surface area contributed by atoms with Crippen molar-refractivity contribution in [1.82, 2.24) is 9.36 Å². The Balaban J connectivity index is 1.63. The number of nitrogens with zero attached hydrogens (tertiary/aromatic N) is 3. The molecular formula is C16H22N4O2S. The maximum Gasteiger partial charge on any atom is 0.236 e. The third kappa shape index (κ3) is 3.99. The molecule has 0 spiro atoms. The van der Waals surface area contributed by atoms with E-state index in [-0.39, 0.29) is 25.3 Å². The van der Waals surface area contributed by atoms with E-state index in [4.69, 9.17) is 0 Å². The zero-order valence-electron chi connectivity index (χ0n) is 12.9. The minimum atomic E-state index is -0.118. The van der Waals surface area contributed by atoms with E-state index in [1.807, 2.05) is 30.3 Å². The van der Waals surface area contributed by atoms with Crippen LogP contribution in [0, 0.1) is 0 Å². The second-order valence-electron chi connectivity index (χ2n) is 5.79. The second kappa shape index (κ2) is 7.72. The lowest BCUT2D eigenvalue weighted by Gasteiger charge is -2.21. The quantitative estimate of drug-likeness (QED) is 0.712. The first-order valence-electron chi connectivity index (χ1n) is 7.92. The van der Waals surface area contributed by atoms with Gasteiger partial charge in [-0.2, -0.15) is 9.36 Å². The van der Waals surface area contributed by atoms with Crippen LogP contribution >= 0.6 is 11.5 Å². The Morgan fingerprint density at radius 1 is 1.30 bits per heavy atom. The molecule has 0 aliphatic carbocycles. The molecule has 6 nitrogen and oxygen atoms in total. The van der Waals surface area contributed by atoms with E-state index in [1.165, 1.54) is 11.5 Å². The van der Waals surface area contributed by atoms with Crippen LogP contribution in [0.4, 0.5) is 11.1 Å². The Morgan fingerprint density at radius 3 is 2.87 bits per heavy atom. The van der Waals surface area contributed by atoms with Crippen LogP contribution in [0.25, 0.3) is 0 Å². The average Bonchev–Trinajstić information content (AvgIpc) is 3.23. The molecule has 3 rings (SSSR count). The Hall–Kier alpha value is -1.70. The smallest absolute Gasteiger partial charge is 0.236 e. The molecule has 2 heterocycles. The molecule has 0 amide bonds. The lowest BCUT2D eigenvalue weighted by Crippen LogP contribution is -2.32. The molecular weight excluding hydrogens is 312 g/mol. The van der Waals surface area contributed by atoms with Gasteiger partial charge in [0.05, 0.1) is 25.3 Å². The van der Waals surface area contributed by atoms with Gasteiger partial charge in [-0.15, -0.1) is 0 Å². The summed E-state index contributed by atoms with van der Waals surface area (Å²) >= 11 is 1.33. The molecule has 23 heavy (non-hydrogen) atoms. The first-order valence-corrected chi connectivity index (χ1v) is 8.70. The van der Waals surface area contributed by atoms with Crippen molar-refractivity contribution in [3.8, 4) is 0 Å². The van der Waals surface area contributed by atoms with Gasteiger partial charge in [-0.25, -0.2) is 0 Å². The van der Waals surface area contributed by atoms with Gasteiger partial charge in [-0.3, -0.25) is 0 Å². The van der Waals surface area contributed by atoms with Crippen LogP contribution in [0.3, 0.4) is 0 Å². The van der Waals surface area contributed by atoms with Gasteiger partial charge < -0.3 is 20.4 Å². The molecule has 3 N–H and O–H groups in total. The third-order valence-electron chi connectivity index (χ3n) is 4.13. The van der Waals surface area contributed by atoms with Gasteiger partial charge in [0.2, 0.25) is 11.1 Å². The first-order chi connectivity index (χ1) is 11.3. The van der Waals surface area contributed by atoms with E-state index in [9.17, 15) is 10.2 Å². The number of aliphatic hydroxyl groups excluding tert-OH is 2. The predicted molar refractivity (Wildman–Crippen MR) is 92.0 cm³/mol. The fourth-order valence-electron chi connectivity index (χ4n) is 2.91. The Labute approximate surface area is 140 Å². The lowest BCUT2D eigenvalue weighted by molar-refractivity contribution is 0.266. The zero-order valence-corrected chi connectivity index (χ0v) is 13.7. The SMILES string of the molecule is OCC(Cc1ccccc1)Nc1nsc(N2CCCC2CO)n1. The summed E-state index contributed by atoms with van der Waals surface area (Å²) in [5, 5.41) is 23.0. The van der Waals surface area contributed by atoms with Crippen LogP contribution < -0.4 is 10.2 Å². The van der Waals surface area contributed by atoms with E-state index < -0.39 is 0 Å². The number of aliphatic hydroxyl groups is 2. The molecule has 1 aromatic heterocycles. The largest absolute Gasteiger partial charge is 0.394 e. The molecule has 124 valence electrons. The van der Waals surface area contributed by atoms with Gasteiger partial charge in [0.25, 0.3) is 0 Å². The van der Waals surface area contributed by atoms with Crippen LogP contribution in [0.15, 0.2) is 30.3 Å². The zero-order chi connectivity index (χ0) is 16.1. The standard InChI is InChI=1S/C16H22N4O2S/c21-10-13(9-12-5-2-1-3-6-12)17-15-18-16(23-19-15)20-8-4-7-14(20)11-22/h1-3,5-6,13-14,21-22H,4,7-11H2,(H,17,19). The van der Waals surface area contributed by atoms with E-state index in [0.717, 1.165) is 36.5 Å². The normalized spacial score (nSPS) is 19.0. The van der Waals surface area contributed by atoms with Crippen molar-refractivity contribution < 1.29 is 10.2 Å². The Morgan fingerprint density at radius 2 is 2.13 bits per heavy atom. The Kier molecular flexibility index (Phi) is 5.43. The Bertz CT molecular complexity index is 607. The molecule has 0 bridgehead atoms. The number of nitrogens with one attached hydrogen (secondary N) is 1. The van der Waals surface area contributed by atoms with Crippen molar-refractivity contribution in [1.29, 1.82) is 0 Å². The molecule has 2 aromatic rings. The van der Waals surface area contributed by atoms with Gasteiger partial charge in [0.15, 0.2) is 0 Å². The van der Waals surface area contributed by atoms with Crippen molar-refractivity contribution in [2.45, 2.75) is 31.3 Å². The first kappa shape index (κ1) is 16.2. The van der Waals surface area contributed by atoms with E-state index in [1.54, 1.807) is 0 Å². The van der Waals surface area contributed by atoms with Crippen LogP contribution in [0.1, 0.15) is 18.4 Å². The molecule has 0 radical (unpaired) electrons. The van der Waals surface area contributed by atoms with E-state index in [0.29, 0.717) is 5.95 Å². The van der Waals surface area contributed by atoms with Crippen LogP contribution in [-0.4, -0.2) is 51.4 Å². The summed E-state index contributed by atoms with van der Waals surface area (Å²) in [4.78, 5) is 6.64. The molecule has 1 saturated heterocycles. The van der Waals surface area contributed by atoms with Crippen molar-refractivity contribution in [3.63, 3.8) is 0 Å². The fraction of sp³-hybridized carbons (Fsp3) is 0.500. The number of hydrogen-bond acceptors (Lipinski definition) is 7. The van der Waals surface area contributed by atoms with Crippen molar-refractivity contribution in [2.75, 3.05) is 30.0 Å². The summed E-state index contributed by atoms with van der Waals surface area (Å²) < 4.78 is 4.34. The van der Waals surface area contributed by atoms with Crippen LogP contribution in [-0.2, 0) is 6.42 Å². The maximum absolute atomic E-state index is 9.59. The molecule has 1 aliphatic rings. The molecule has 7 heteroatoms. The highest BCUT2D eigenvalue weighted by Crippen LogP contribution is 2.28. The maximum atomic E-state index is 9.59. The number of rotatable bonds is 7. The van der Waals surface area contributed by atoms with Crippen LogP contribution in [0.5, 0.6) is 0 Å². The molecule has 0 saturated carbocycles. The monoisotopic (exact) mass is 334 g/mol. The number of hydrogen-bond donors (Lipinski definition) is 3. The van der Waals surface area contributed by atoms with Gasteiger partial charge in [-0.05, 0) is 24.8 Å². The highest BCUT2D eigenvalue weighted by Gasteiger charge is 2.26. The topological polar surface area (TPSA) is 81.5 Å². The number of anilines is 2. The van der Waals surface area contributed by atoms with E-state index in [2.05, 4.69) is 19.6 Å². The highest BCUT2D eigenvalue weighted by molar-refractivity contribution is 7.09. The predicted octanol–water partition coefficient (Wildman–Crippen LogP) is 1.51. The molecule has 2 unspecified atom stereocenters. The lowest BCUT2D eigenvalue weighted by atomic mass is 10.1. The summed E-state index contributed by atoms with van der Waals surface area (Å²) in [5.74, 6) is 0.545.